The van der Waals surface area contributed by atoms with Crippen LogP contribution in [0, 0.1) is 11.3 Å². The molecule has 2 atom stereocenters. The zero-order chi connectivity index (χ0) is 22.5. The molecule has 0 radical (unpaired) electrons. The van der Waals surface area contributed by atoms with Gasteiger partial charge in [-0.25, -0.2) is 4.79 Å². The first kappa shape index (κ1) is 24.9. The molecule has 0 aromatic carbocycles. The van der Waals surface area contributed by atoms with Crippen LogP contribution in [-0.4, -0.2) is 78.9 Å². The number of rotatable bonds is 5. The molecule has 0 aromatic heterocycles. The molecule has 2 rings (SSSR count). The molecule has 7 heteroatoms. The number of alkyl carbamates (subject to hydrolysis) is 1. The highest BCUT2D eigenvalue weighted by Crippen LogP contribution is 2.24. The molecule has 1 amide bonds. The summed E-state index contributed by atoms with van der Waals surface area (Å²) < 4.78 is 11.1. The molecule has 2 aliphatic heterocycles. The summed E-state index contributed by atoms with van der Waals surface area (Å²) in [5.41, 5.74) is -0.901. The van der Waals surface area contributed by atoms with Gasteiger partial charge in [-0.3, -0.25) is 4.79 Å². The number of hydrogen-bond acceptors (Lipinski definition) is 6. The van der Waals surface area contributed by atoms with Gasteiger partial charge in [0.05, 0.1) is 5.41 Å². The molecule has 1 N–H and O–H groups in total. The number of likely N-dealkylation sites (tertiary alicyclic amines) is 2. The number of ether oxygens (including phenoxy) is 2. The van der Waals surface area contributed by atoms with Crippen molar-refractivity contribution in [1.82, 2.24) is 15.1 Å². The lowest BCUT2D eigenvalue weighted by atomic mass is 9.94. The van der Waals surface area contributed by atoms with Gasteiger partial charge in [-0.2, -0.15) is 0 Å². The monoisotopic (exact) mass is 425 g/mol. The van der Waals surface area contributed by atoms with E-state index in [2.05, 4.69) is 22.0 Å². The van der Waals surface area contributed by atoms with Crippen LogP contribution in [0.25, 0.3) is 0 Å². The van der Waals surface area contributed by atoms with Gasteiger partial charge in [-0.15, -0.1) is 0 Å². The van der Waals surface area contributed by atoms with Crippen molar-refractivity contribution in [2.24, 2.45) is 11.3 Å². The molecule has 2 fully saturated rings. The van der Waals surface area contributed by atoms with Gasteiger partial charge in [-0.05, 0) is 60.8 Å². The third-order valence-corrected chi connectivity index (χ3v) is 5.82. The first-order chi connectivity index (χ1) is 13.8. The fraction of sp³-hybridized carbons (Fsp3) is 0.913. The Morgan fingerprint density at radius 3 is 2.03 bits per heavy atom. The van der Waals surface area contributed by atoms with Crippen molar-refractivity contribution in [2.45, 2.75) is 85.5 Å². The van der Waals surface area contributed by atoms with Crippen molar-refractivity contribution in [2.75, 3.05) is 39.3 Å². The van der Waals surface area contributed by atoms with E-state index in [1.807, 2.05) is 41.5 Å². The number of nitrogens with one attached hydrogen (secondary N) is 1. The molecular formula is C23H43N3O4. The minimum Gasteiger partial charge on any atom is -0.462 e. The van der Waals surface area contributed by atoms with Crippen LogP contribution in [0.2, 0.25) is 0 Å². The third-order valence-electron chi connectivity index (χ3n) is 5.82. The molecule has 0 saturated carbocycles. The van der Waals surface area contributed by atoms with E-state index in [0.29, 0.717) is 5.92 Å². The fourth-order valence-corrected chi connectivity index (χ4v) is 3.96. The molecule has 30 heavy (non-hydrogen) atoms. The maximum absolute atomic E-state index is 12.2. The van der Waals surface area contributed by atoms with E-state index in [-0.39, 0.29) is 24.2 Å². The topological polar surface area (TPSA) is 71.1 Å². The largest absolute Gasteiger partial charge is 0.462 e. The van der Waals surface area contributed by atoms with Gasteiger partial charge in [0.25, 0.3) is 0 Å². The molecule has 0 spiro atoms. The van der Waals surface area contributed by atoms with Gasteiger partial charge in [0.15, 0.2) is 0 Å². The van der Waals surface area contributed by atoms with Crippen LogP contribution < -0.4 is 5.32 Å². The second-order valence-corrected chi connectivity index (χ2v) is 11.0. The molecule has 174 valence electrons. The number of hydrogen-bond donors (Lipinski definition) is 1. The predicted octanol–water partition coefficient (Wildman–Crippen LogP) is 3.28. The summed E-state index contributed by atoms with van der Waals surface area (Å²) in [6.07, 6.45) is 2.54. The number of nitrogens with zero attached hydrogens (tertiary/aromatic N) is 2. The minimum atomic E-state index is -0.458. The van der Waals surface area contributed by atoms with E-state index < -0.39 is 11.0 Å². The van der Waals surface area contributed by atoms with E-state index >= 15 is 0 Å². The van der Waals surface area contributed by atoms with Gasteiger partial charge in [0.2, 0.25) is 0 Å². The summed E-state index contributed by atoms with van der Waals surface area (Å²) in [4.78, 5) is 29.1. The van der Waals surface area contributed by atoms with Crippen molar-refractivity contribution in [3.05, 3.63) is 0 Å². The molecular weight excluding hydrogens is 382 g/mol. The van der Waals surface area contributed by atoms with E-state index in [4.69, 9.17) is 9.47 Å². The van der Waals surface area contributed by atoms with Crippen molar-refractivity contribution in [3.8, 4) is 0 Å². The normalized spacial score (nSPS) is 25.0. The summed E-state index contributed by atoms with van der Waals surface area (Å²) in [6, 6.07) is 0.198. The Balaban J connectivity index is 1.65. The Labute approximate surface area is 182 Å². The van der Waals surface area contributed by atoms with Crippen LogP contribution in [0.3, 0.4) is 0 Å². The number of carbonyl (C=O) groups excluding carboxylic acids is 2. The average Bonchev–Trinajstić information content (AvgIpc) is 2.60. The van der Waals surface area contributed by atoms with Crippen LogP contribution in [-0.2, 0) is 14.3 Å². The highest BCUT2D eigenvalue weighted by Gasteiger charge is 2.33. The Bertz CT molecular complexity index is 574. The molecule has 0 aromatic rings. The van der Waals surface area contributed by atoms with Crippen molar-refractivity contribution >= 4 is 12.1 Å². The fourth-order valence-electron chi connectivity index (χ4n) is 3.96. The highest BCUT2D eigenvalue weighted by molar-refractivity contribution is 5.75. The lowest BCUT2D eigenvalue weighted by Crippen LogP contribution is -2.49. The Kier molecular flexibility index (Phi) is 8.57. The summed E-state index contributed by atoms with van der Waals surface area (Å²) in [7, 11) is 0. The summed E-state index contributed by atoms with van der Waals surface area (Å²) >= 11 is 0. The molecule has 0 bridgehead atoms. The van der Waals surface area contributed by atoms with Crippen molar-refractivity contribution in [1.29, 1.82) is 0 Å². The zero-order valence-corrected chi connectivity index (χ0v) is 20.1. The number of esters is 1. The predicted molar refractivity (Wildman–Crippen MR) is 118 cm³/mol. The average molecular weight is 426 g/mol. The third kappa shape index (κ3) is 8.42. The number of piperidine rings is 2. The first-order valence-electron chi connectivity index (χ1n) is 11.5. The molecule has 2 saturated heterocycles. The van der Waals surface area contributed by atoms with Crippen LogP contribution in [0.15, 0.2) is 0 Å². The molecule has 2 heterocycles. The smallest absolute Gasteiger partial charge is 0.407 e. The van der Waals surface area contributed by atoms with E-state index in [1.165, 1.54) is 0 Å². The molecule has 0 aliphatic carbocycles. The maximum Gasteiger partial charge on any atom is 0.407 e. The molecule has 2 aliphatic rings. The first-order valence-corrected chi connectivity index (χ1v) is 11.5. The van der Waals surface area contributed by atoms with E-state index in [0.717, 1.165) is 58.5 Å². The van der Waals surface area contributed by atoms with Crippen LogP contribution in [0.5, 0.6) is 0 Å². The van der Waals surface area contributed by atoms with Gasteiger partial charge < -0.3 is 24.6 Å². The van der Waals surface area contributed by atoms with Crippen LogP contribution >= 0.6 is 0 Å². The molecule has 0 unspecified atom stereocenters. The maximum atomic E-state index is 12.2. The van der Waals surface area contributed by atoms with Crippen LogP contribution in [0.4, 0.5) is 4.79 Å². The highest BCUT2D eigenvalue weighted by atomic mass is 16.6. The number of amides is 1. The lowest BCUT2D eigenvalue weighted by molar-refractivity contribution is -0.164. The standard InChI is InChI=1S/C23H43N3O4/c1-17-16-26(13-10-19(17)29-20(27)22(2,3)4)15-14-25-11-8-18(9-12-25)24-21(28)30-23(5,6)7/h17-19H,8-16H2,1-7H3,(H,24,28)/t17-,19-/m0/s1. The Morgan fingerprint density at radius 2 is 1.50 bits per heavy atom. The van der Waals surface area contributed by atoms with Crippen LogP contribution in [0.1, 0.15) is 67.7 Å². The summed E-state index contributed by atoms with van der Waals surface area (Å²) in [6.45, 7) is 19.6. The quantitative estimate of drug-likeness (QED) is 0.682. The minimum absolute atomic E-state index is 0.0302. The zero-order valence-electron chi connectivity index (χ0n) is 20.1. The lowest BCUT2D eigenvalue weighted by Gasteiger charge is -2.39. The second kappa shape index (κ2) is 10.3. The van der Waals surface area contributed by atoms with E-state index in [1.54, 1.807) is 0 Å². The second-order valence-electron chi connectivity index (χ2n) is 11.0. The van der Waals surface area contributed by atoms with Crippen molar-refractivity contribution < 1.29 is 19.1 Å². The Morgan fingerprint density at radius 1 is 0.933 bits per heavy atom. The van der Waals surface area contributed by atoms with E-state index in [9.17, 15) is 9.59 Å². The summed E-state index contributed by atoms with van der Waals surface area (Å²) in [5, 5.41) is 3.00. The van der Waals surface area contributed by atoms with Gasteiger partial charge >= 0.3 is 12.1 Å². The van der Waals surface area contributed by atoms with Crippen molar-refractivity contribution in [3.63, 3.8) is 0 Å². The SMILES string of the molecule is C[C@H]1CN(CCN2CCC(NC(=O)OC(C)(C)C)CC2)CC[C@@H]1OC(=O)C(C)(C)C. The Hall–Kier alpha value is -1.34. The summed E-state index contributed by atoms with van der Waals surface area (Å²) in [5.74, 6) is 0.254. The number of carbonyl (C=O) groups is 2. The molecule has 7 nitrogen and oxygen atoms in total. The van der Waals surface area contributed by atoms with Gasteiger partial charge in [0.1, 0.15) is 11.7 Å². The van der Waals surface area contributed by atoms with Gasteiger partial charge in [0, 0.05) is 51.2 Å². The van der Waals surface area contributed by atoms with Gasteiger partial charge in [-0.1, -0.05) is 6.92 Å².